The summed E-state index contributed by atoms with van der Waals surface area (Å²) in [6.45, 7) is -0.625. The van der Waals surface area contributed by atoms with Crippen molar-refractivity contribution >= 4 is 11.6 Å². The molecule has 7 fully saturated rings. The summed E-state index contributed by atoms with van der Waals surface area (Å²) in [6, 6.07) is 7.41. The highest BCUT2D eigenvalue weighted by Crippen LogP contribution is 2.62. The fraction of sp³-hybridized carbons (Fsp3) is 0.625. The van der Waals surface area contributed by atoms with Crippen molar-refractivity contribution in [3.63, 3.8) is 0 Å². The van der Waals surface area contributed by atoms with Crippen LogP contribution in [-0.4, -0.2) is 44.7 Å². The SMILES string of the molecule is O=C(N(CC12CCC(c3nc(C4CC4)no3)(CC1)CC2)c1cccc(-c2cnn(CC(F)(F)F)c2)c1)C12CC(F)C(C1)C2. The van der Waals surface area contributed by atoms with E-state index in [-0.39, 0.29) is 29.1 Å². The maximum atomic E-state index is 14.6. The van der Waals surface area contributed by atoms with Gasteiger partial charge in [0.2, 0.25) is 11.8 Å². The van der Waals surface area contributed by atoms with E-state index >= 15 is 0 Å². The van der Waals surface area contributed by atoms with Gasteiger partial charge < -0.3 is 9.42 Å². The van der Waals surface area contributed by atoms with Crippen LogP contribution in [0.1, 0.15) is 88.3 Å². The Bertz CT molecular complexity index is 1530. The second-order valence-corrected chi connectivity index (χ2v) is 14.2. The maximum Gasteiger partial charge on any atom is 0.408 e. The average molecular weight is 598 g/mol. The second-order valence-electron chi connectivity index (χ2n) is 14.2. The molecule has 11 heteroatoms. The van der Waals surface area contributed by atoms with Crippen LogP contribution in [0.5, 0.6) is 0 Å². The van der Waals surface area contributed by atoms with Gasteiger partial charge in [0.25, 0.3) is 0 Å². The van der Waals surface area contributed by atoms with Crippen LogP contribution in [0.2, 0.25) is 0 Å². The lowest BCUT2D eigenvalue weighted by atomic mass is 9.53. The summed E-state index contributed by atoms with van der Waals surface area (Å²) in [4.78, 5) is 21.0. The Morgan fingerprint density at radius 2 is 1.79 bits per heavy atom. The van der Waals surface area contributed by atoms with Crippen molar-refractivity contribution in [1.29, 1.82) is 0 Å². The van der Waals surface area contributed by atoms with Gasteiger partial charge in [-0.25, -0.2) is 4.39 Å². The molecule has 0 radical (unpaired) electrons. The molecule has 7 aliphatic rings. The molecule has 1 aromatic carbocycles. The molecule has 10 rings (SSSR count). The Kier molecular flexibility index (Phi) is 5.96. The quantitative estimate of drug-likeness (QED) is 0.258. The molecule has 1 amide bonds. The Hall–Kier alpha value is -3.24. The predicted molar refractivity (Wildman–Crippen MR) is 149 cm³/mol. The summed E-state index contributed by atoms with van der Waals surface area (Å²) in [5, 5.41) is 8.18. The minimum absolute atomic E-state index is 0.0171. The zero-order valence-electron chi connectivity index (χ0n) is 24.0. The van der Waals surface area contributed by atoms with E-state index in [2.05, 4.69) is 10.3 Å². The molecular weight excluding hydrogens is 562 g/mol. The van der Waals surface area contributed by atoms with Crippen molar-refractivity contribution in [1.82, 2.24) is 19.9 Å². The van der Waals surface area contributed by atoms with Crippen molar-refractivity contribution in [2.45, 2.75) is 101 Å². The van der Waals surface area contributed by atoms with Gasteiger partial charge in [0.15, 0.2) is 5.82 Å². The Balaban J connectivity index is 1.07. The number of anilines is 1. The lowest BCUT2D eigenvalue weighted by Crippen LogP contribution is -2.54. The van der Waals surface area contributed by atoms with Crippen molar-refractivity contribution in [2.75, 3.05) is 11.4 Å². The molecule has 3 aromatic rings. The summed E-state index contributed by atoms with van der Waals surface area (Å²) in [7, 11) is 0. The molecule has 7 aliphatic carbocycles. The van der Waals surface area contributed by atoms with E-state index in [0.29, 0.717) is 42.1 Å². The van der Waals surface area contributed by atoms with Crippen molar-refractivity contribution in [3.8, 4) is 11.1 Å². The number of halogens is 4. The number of rotatable bonds is 8. The van der Waals surface area contributed by atoms with Gasteiger partial charge in [0.05, 0.1) is 11.6 Å². The van der Waals surface area contributed by atoms with E-state index in [1.807, 2.05) is 29.2 Å². The number of aromatic nitrogens is 4. The van der Waals surface area contributed by atoms with Gasteiger partial charge in [0, 0.05) is 35.3 Å². The largest absolute Gasteiger partial charge is 0.408 e. The molecule has 0 spiro atoms. The van der Waals surface area contributed by atoms with Crippen LogP contribution in [0.15, 0.2) is 41.2 Å². The summed E-state index contributed by atoms with van der Waals surface area (Å²) in [5.41, 5.74) is 1.11. The number of hydrogen-bond acceptors (Lipinski definition) is 5. The number of carbonyl (C=O) groups is 1. The van der Waals surface area contributed by atoms with Crippen LogP contribution in [0.25, 0.3) is 11.1 Å². The molecule has 4 bridgehead atoms. The smallest absolute Gasteiger partial charge is 0.339 e. The van der Waals surface area contributed by atoms with Crippen LogP contribution < -0.4 is 4.90 Å². The third-order valence-electron chi connectivity index (χ3n) is 11.3. The first kappa shape index (κ1) is 27.3. The summed E-state index contributed by atoms with van der Waals surface area (Å²) < 4.78 is 60.1. The number of alkyl halides is 4. The normalized spacial score (nSPS) is 33.0. The molecule has 7 nitrogen and oxygen atoms in total. The lowest BCUT2D eigenvalue weighted by Gasteiger charge is -2.54. The van der Waals surface area contributed by atoms with Gasteiger partial charge in [-0.05, 0) is 99.7 Å². The van der Waals surface area contributed by atoms with E-state index in [9.17, 15) is 22.4 Å². The van der Waals surface area contributed by atoms with Gasteiger partial charge in [-0.15, -0.1) is 0 Å². The molecule has 2 heterocycles. The van der Waals surface area contributed by atoms with Crippen LogP contribution >= 0.6 is 0 Å². The Morgan fingerprint density at radius 1 is 1.05 bits per heavy atom. The molecule has 43 heavy (non-hydrogen) atoms. The highest BCUT2D eigenvalue weighted by atomic mass is 19.4. The van der Waals surface area contributed by atoms with E-state index < -0.39 is 24.3 Å². The first-order valence-electron chi connectivity index (χ1n) is 15.5. The van der Waals surface area contributed by atoms with Crippen LogP contribution in [0.3, 0.4) is 0 Å². The standard InChI is InChI=1S/C32H35F4N5O2/c33-25-15-31(13-22(25)14-31)28(42)41(24-3-1-2-21(12-24)23-16-37-40(17-23)19-32(34,35)36)18-29-6-9-30(10-7-29,11-8-29)27-38-26(39-43-27)20-4-5-20/h1-3,12,16-17,20,22,25H,4-11,13-15,18-19H2. The molecule has 2 aromatic heterocycles. The van der Waals surface area contributed by atoms with Gasteiger partial charge in [-0.2, -0.15) is 23.3 Å². The number of hydrogen-bond donors (Lipinski definition) is 0. The summed E-state index contributed by atoms with van der Waals surface area (Å²) in [5.74, 6) is 2.01. The third kappa shape index (κ3) is 4.68. The zero-order valence-corrected chi connectivity index (χ0v) is 24.0. The van der Waals surface area contributed by atoms with Crippen molar-refractivity contribution < 1.29 is 26.9 Å². The summed E-state index contributed by atoms with van der Waals surface area (Å²) >= 11 is 0. The molecule has 1 atom stereocenters. The Labute approximate surface area is 247 Å². The number of nitrogens with zero attached hydrogens (tertiary/aromatic N) is 5. The zero-order chi connectivity index (χ0) is 29.6. The van der Waals surface area contributed by atoms with Crippen molar-refractivity contribution in [3.05, 3.63) is 48.4 Å². The first-order chi connectivity index (χ1) is 20.5. The third-order valence-corrected chi connectivity index (χ3v) is 11.3. The lowest BCUT2D eigenvalue weighted by molar-refractivity contribution is -0.142. The van der Waals surface area contributed by atoms with Crippen molar-refractivity contribution in [2.24, 2.45) is 16.7 Å². The second kappa shape index (κ2) is 9.38. The van der Waals surface area contributed by atoms with Gasteiger partial charge in [0.1, 0.15) is 12.7 Å². The number of carbonyl (C=O) groups excluding carboxylic acids is 1. The summed E-state index contributed by atoms with van der Waals surface area (Å²) in [6.07, 6.45) is 6.78. The minimum atomic E-state index is -4.37. The fourth-order valence-electron chi connectivity index (χ4n) is 8.49. The molecule has 0 N–H and O–H groups in total. The topological polar surface area (TPSA) is 77.1 Å². The van der Waals surface area contributed by atoms with Gasteiger partial charge in [-0.1, -0.05) is 17.3 Å². The van der Waals surface area contributed by atoms with E-state index in [4.69, 9.17) is 9.51 Å². The number of benzene rings is 1. The predicted octanol–water partition coefficient (Wildman–Crippen LogP) is 7.14. The molecule has 0 aliphatic heterocycles. The van der Waals surface area contributed by atoms with Gasteiger partial charge >= 0.3 is 6.18 Å². The monoisotopic (exact) mass is 597 g/mol. The first-order valence-corrected chi connectivity index (χ1v) is 15.5. The molecule has 0 saturated heterocycles. The van der Waals surface area contributed by atoms with Crippen LogP contribution in [0.4, 0.5) is 23.2 Å². The van der Waals surface area contributed by atoms with Gasteiger partial charge in [-0.3, -0.25) is 9.48 Å². The van der Waals surface area contributed by atoms with E-state index in [1.54, 1.807) is 0 Å². The molecule has 7 saturated carbocycles. The molecular formula is C32H35F4N5O2. The van der Waals surface area contributed by atoms with Crippen LogP contribution in [0, 0.1) is 16.7 Å². The van der Waals surface area contributed by atoms with Crippen LogP contribution in [-0.2, 0) is 16.8 Å². The highest BCUT2D eigenvalue weighted by molar-refractivity contribution is 5.99. The molecule has 1 unspecified atom stereocenters. The highest BCUT2D eigenvalue weighted by Gasteiger charge is 2.62. The van der Waals surface area contributed by atoms with E-state index in [1.165, 1.54) is 12.4 Å². The number of amides is 1. The number of fused-ring (bicyclic) bond motifs is 4. The maximum absolute atomic E-state index is 14.6. The molecule has 228 valence electrons. The van der Waals surface area contributed by atoms with E-state index in [0.717, 1.165) is 67.8 Å². The minimum Gasteiger partial charge on any atom is -0.339 e. The fourth-order valence-corrected chi connectivity index (χ4v) is 8.49. The Morgan fingerprint density at radius 3 is 2.44 bits per heavy atom. The average Bonchev–Trinajstić information content (AvgIpc) is 3.28.